The zero-order chi connectivity index (χ0) is 39.2. The van der Waals surface area contributed by atoms with Crippen molar-refractivity contribution in [1.82, 2.24) is 25.9 Å². The quantitative estimate of drug-likeness (QED) is 0.0739. The molecule has 0 aliphatic carbocycles. The molecule has 0 radical (unpaired) electrons. The summed E-state index contributed by atoms with van der Waals surface area (Å²) in [6.07, 6.45) is 2.31. The Hall–Kier alpha value is -6.77. The van der Waals surface area contributed by atoms with Gasteiger partial charge in [-0.3, -0.25) is 33.6 Å². The average molecular weight is 735 g/mol. The van der Waals surface area contributed by atoms with Crippen molar-refractivity contribution in [2.24, 2.45) is 0 Å². The molecule has 1 aromatic heterocycles. The van der Waals surface area contributed by atoms with E-state index >= 15 is 0 Å². The van der Waals surface area contributed by atoms with Gasteiger partial charge in [0.15, 0.2) is 0 Å². The van der Waals surface area contributed by atoms with E-state index in [2.05, 4.69) is 31.8 Å². The van der Waals surface area contributed by atoms with Crippen LogP contribution in [0.5, 0.6) is 0 Å². The lowest BCUT2D eigenvalue weighted by Crippen LogP contribution is -2.56. The maximum atomic E-state index is 13.3. The number of fused-ring (bicyclic) bond motifs is 1. The van der Waals surface area contributed by atoms with Crippen LogP contribution in [0.1, 0.15) is 60.3 Å². The molecule has 0 aliphatic heterocycles. The number of H-pyrrole nitrogens is 1. The van der Waals surface area contributed by atoms with E-state index < -0.39 is 98.2 Å². The maximum absolute atomic E-state index is 13.3. The summed E-state index contributed by atoms with van der Waals surface area (Å²) in [7, 11) is 0. The highest BCUT2D eigenvalue weighted by atomic mass is 16.4. The number of carbonyl (C=O) groups excluding carboxylic acids is 3. The lowest BCUT2D eigenvalue weighted by atomic mass is 10.1. The molecule has 3 aromatic rings. The molecule has 0 fully saturated rings. The van der Waals surface area contributed by atoms with E-state index in [1.807, 2.05) is 6.07 Å². The van der Waals surface area contributed by atoms with Crippen molar-refractivity contribution in [2.45, 2.75) is 70.1 Å². The molecular formula is C35H38N6O12. The fourth-order valence-corrected chi connectivity index (χ4v) is 5.18. The highest BCUT2D eigenvalue weighted by molar-refractivity contribution is 5.99. The number of benzene rings is 2. The molecule has 0 spiro atoms. The third kappa shape index (κ3) is 12.5. The Morgan fingerprint density at radius 2 is 1.32 bits per heavy atom. The highest BCUT2D eigenvalue weighted by Gasteiger charge is 2.30. The fraction of sp³-hybridized carbons (Fsp3) is 0.343. The van der Waals surface area contributed by atoms with Gasteiger partial charge < -0.3 is 46.3 Å². The Morgan fingerprint density at radius 1 is 0.792 bits per heavy atom. The molecule has 3 atom stereocenters. The number of nitrogens with zero attached hydrogens (tertiary/aromatic N) is 2. The number of amides is 3. The minimum absolute atomic E-state index is 0.0594. The number of hydrogen-bond acceptors (Lipinski definition) is 10. The predicted molar refractivity (Wildman–Crippen MR) is 187 cm³/mol. The van der Waals surface area contributed by atoms with Gasteiger partial charge in [-0.05, 0) is 68.1 Å². The van der Waals surface area contributed by atoms with Crippen LogP contribution in [0.2, 0.25) is 0 Å². The van der Waals surface area contributed by atoms with Gasteiger partial charge in [0, 0.05) is 37.1 Å². The summed E-state index contributed by atoms with van der Waals surface area (Å²) < 4.78 is 0. The van der Waals surface area contributed by atoms with Gasteiger partial charge >= 0.3 is 23.9 Å². The summed E-state index contributed by atoms with van der Waals surface area (Å²) in [6, 6.07) is 6.43. The van der Waals surface area contributed by atoms with Crippen molar-refractivity contribution in [3.05, 3.63) is 69.8 Å². The number of aromatic amines is 1. The lowest BCUT2D eigenvalue weighted by molar-refractivity contribution is -0.144. The zero-order valence-electron chi connectivity index (χ0n) is 28.5. The van der Waals surface area contributed by atoms with Gasteiger partial charge in [-0.2, -0.15) is 0 Å². The third-order valence-corrected chi connectivity index (χ3v) is 7.85. The van der Waals surface area contributed by atoms with Crippen molar-refractivity contribution in [3.63, 3.8) is 0 Å². The molecule has 0 saturated heterocycles. The summed E-state index contributed by atoms with van der Waals surface area (Å²) in [6.45, 7) is 2.13. The van der Waals surface area contributed by atoms with Crippen LogP contribution in [0.25, 0.3) is 10.9 Å². The summed E-state index contributed by atoms with van der Waals surface area (Å²) >= 11 is 0. The second-order valence-electron chi connectivity index (χ2n) is 11.9. The van der Waals surface area contributed by atoms with Gasteiger partial charge in [0.05, 0.1) is 17.4 Å². The number of aliphatic carboxylic acids is 4. The van der Waals surface area contributed by atoms with Gasteiger partial charge in [0.25, 0.3) is 11.5 Å². The van der Waals surface area contributed by atoms with Gasteiger partial charge in [0.1, 0.15) is 23.9 Å². The number of aryl methyl sites for hydroxylation is 1. The SMILES string of the molecule is C#CCN(Cc1ccc2nc(C)[nH]c(=O)c2c1)c1ccc(C(=O)N[C@@H](CCC(=O)O)C(=O)N[C@@H](CCC(=O)O)C(=O)N[C@@H](CCC(=O)O)C(=O)O)cc1. The smallest absolute Gasteiger partial charge is 0.326 e. The monoisotopic (exact) mass is 734 g/mol. The van der Waals surface area contributed by atoms with Crippen LogP contribution < -0.4 is 26.4 Å². The number of terminal acetylenes is 1. The molecule has 280 valence electrons. The minimum Gasteiger partial charge on any atom is -0.481 e. The third-order valence-electron chi connectivity index (χ3n) is 7.85. The standard InChI is InChI=1S/C35H38N6O12/c1-3-16-41(18-20-4-9-24-23(17-20)32(49)37-19(2)36-24)22-7-5-21(6-8-22)31(48)38-25(10-13-28(42)43)33(50)39-26(11-14-29(44)45)34(51)40-27(35(52)53)12-15-30(46)47/h1,4-9,17,25-27H,10-16,18H2,2H3,(H,38,48)(H,39,50)(H,40,51)(H,42,43)(H,44,45)(H,46,47)(H,52,53)(H,36,37,49)/t25-,26-,27-/m0/s1. The van der Waals surface area contributed by atoms with E-state index in [0.29, 0.717) is 29.0 Å². The summed E-state index contributed by atoms with van der Waals surface area (Å²) in [5, 5.41) is 43.9. The molecule has 3 rings (SSSR count). The topological polar surface area (TPSA) is 285 Å². The first-order valence-corrected chi connectivity index (χ1v) is 16.2. The predicted octanol–water partition coefficient (Wildman–Crippen LogP) is 0.618. The van der Waals surface area contributed by atoms with E-state index in [-0.39, 0.29) is 17.7 Å². The van der Waals surface area contributed by atoms with Crippen molar-refractivity contribution in [1.29, 1.82) is 0 Å². The Balaban J connectivity index is 1.78. The van der Waals surface area contributed by atoms with E-state index in [1.54, 1.807) is 36.1 Å². The summed E-state index contributed by atoms with van der Waals surface area (Å²) in [4.78, 5) is 106. The first-order valence-electron chi connectivity index (χ1n) is 16.2. The first-order chi connectivity index (χ1) is 25.1. The molecule has 0 aliphatic rings. The highest BCUT2D eigenvalue weighted by Crippen LogP contribution is 2.20. The molecule has 3 amide bonds. The second-order valence-corrected chi connectivity index (χ2v) is 11.9. The minimum atomic E-state index is -1.68. The van der Waals surface area contributed by atoms with Crippen molar-refractivity contribution in [3.8, 4) is 12.3 Å². The molecule has 1 heterocycles. The molecule has 2 aromatic carbocycles. The van der Waals surface area contributed by atoms with Crippen LogP contribution >= 0.6 is 0 Å². The molecule has 53 heavy (non-hydrogen) atoms. The lowest BCUT2D eigenvalue weighted by Gasteiger charge is -2.24. The number of hydrogen-bond donors (Lipinski definition) is 8. The van der Waals surface area contributed by atoms with E-state index in [1.165, 1.54) is 12.1 Å². The van der Waals surface area contributed by atoms with Gasteiger partial charge in [0.2, 0.25) is 11.8 Å². The maximum Gasteiger partial charge on any atom is 0.326 e. The van der Waals surface area contributed by atoms with Crippen LogP contribution in [0.3, 0.4) is 0 Å². The molecule has 18 heteroatoms. The average Bonchev–Trinajstić information content (AvgIpc) is 3.09. The Bertz CT molecular complexity index is 1970. The van der Waals surface area contributed by atoms with Gasteiger partial charge in [-0.15, -0.1) is 6.42 Å². The van der Waals surface area contributed by atoms with E-state index in [9.17, 15) is 48.6 Å². The Morgan fingerprint density at radius 3 is 1.85 bits per heavy atom. The number of rotatable bonds is 20. The van der Waals surface area contributed by atoms with Crippen LogP contribution in [0, 0.1) is 19.3 Å². The number of aromatic nitrogens is 2. The largest absolute Gasteiger partial charge is 0.481 e. The molecular weight excluding hydrogens is 696 g/mol. The zero-order valence-corrected chi connectivity index (χ0v) is 28.5. The van der Waals surface area contributed by atoms with E-state index in [4.69, 9.17) is 16.6 Å². The number of carboxylic acids is 4. The van der Waals surface area contributed by atoms with Crippen LogP contribution in [0.4, 0.5) is 5.69 Å². The molecule has 8 N–H and O–H groups in total. The van der Waals surface area contributed by atoms with Crippen LogP contribution in [-0.2, 0) is 35.3 Å². The Labute approximate surface area is 301 Å². The molecule has 18 nitrogen and oxygen atoms in total. The summed E-state index contributed by atoms with van der Waals surface area (Å²) in [5.41, 5.74) is 1.66. The van der Waals surface area contributed by atoms with Crippen molar-refractivity contribution >= 4 is 58.2 Å². The normalized spacial score (nSPS) is 12.4. The van der Waals surface area contributed by atoms with Crippen molar-refractivity contribution < 1.29 is 54.0 Å². The second kappa shape index (κ2) is 19.0. The fourth-order valence-electron chi connectivity index (χ4n) is 5.18. The first kappa shape index (κ1) is 40.7. The Kier molecular flexibility index (Phi) is 14.6. The number of anilines is 1. The van der Waals surface area contributed by atoms with Crippen LogP contribution in [-0.4, -0.2) is 96.7 Å². The summed E-state index contributed by atoms with van der Waals surface area (Å²) in [5.74, 6) is -5.49. The number of nitrogens with one attached hydrogen (secondary N) is 4. The van der Waals surface area contributed by atoms with Gasteiger partial charge in [-0.25, -0.2) is 9.78 Å². The molecule has 0 saturated carbocycles. The number of carboxylic acid groups (broad SMARTS) is 4. The molecule has 0 bridgehead atoms. The van der Waals surface area contributed by atoms with E-state index in [0.717, 1.165) is 5.56 Å². The van der Waals surface area contributed by atoms with Crippen molar-refractivity contribution in [2.75, 3.05) is 11.4 Å². The van der Waals surface area contributed by atoms with Gasteiger partial charge in [-0.1, -0.05) is 12.0 Å². The number of carbonyl (C=O) groups is 7. The van der Waals surface area contributed by atoms with Crippen LogP contribution in [0.15, 0.2) is 47.3 Å². The molecule has 0 unspecified atom stereocenters.